The zero-order chi connectivity index (χ0) is 26.1. The van der Waals surface area contributed by atoms with Crippen molar-refractivity contribution in [3.8, 4) is 17.0 Å². The predicted molar refractivity (Wildman–Crippen MR) is 149 cm³/mol. The van der Waals surface area contributed by atoms with Gasteiger partial charge in [-0.3, -0.25) is 20.2 Å². The number of benzene rings is 3. The number of aromatic hydroxyl groups is 1. The Bertz CT molecular complexity index is 1770. The van der Waals surface area contributed by atoms with E-state index in [0.29, 0.717) is 21.7 Å². The van der Waals surface area contributed by atoms with Gasteiger partial charge in [-0.1, -0.05) is 60.1 Å². The third-order valence-electron chi connectivity index (χ3n) is 6.51. The summed E-state index contributed by atoms with van der Waals surface area (Å²) in [7, 11) is 0. The van der Waals surface area contributed by atoms with Crippen LogP contribution in [0.5, 0.6) is 5.75 Å². The Morgan fingerprint density at radius 1 is 0.921 bits per heavy atom. The Labute approximate surface area is 223 Å². The lowest BCUT2D eigenvalue weighted by molar-refractivity contribution is 0.0928. The van der Waals surface area contributed by atoms with Gasteiger partial charge in [-0.15, -0.1) is 0 Å². The smallest absolute Gasteiger partial charge is 0.265 e. The molecule has 6 rings (SSSR count). The molecule has 186 valence electrons. The van der Waals surface area contributed by atoms with Crippen LogP contribution < -0.4 is 10.9 Å². The van der Waals surface area contributed by atoms with Crippen LogP contribution in [0, 0.1) is 0 Å². The molecule has 0 aliphatic rings. The van der Waals surface area contributed by atoms with E-state index in [1.165, 1.54) is 0 Å². The quantitative estimate of drug-likeness (QED) is 0.197. The minimum atomic E-state index is -0.672. The average molecular weight is 520 g/mol. The van der Waals surface area contributed by atoms with Crippen molar-refractivity contribution in [3.05, 3.63) is 125 Å². The number of H-pyrrole nitrogens is 1. The molecule has 1 atom stereocenters. The van der Waals surface area contributed by atoms with Crippen LogP contribution in [0.3, 0.4) is 0 Å². The number of pyridine rings is 2. The predicted octanol–water partition coefficient (Wildman–Crippen LogP) is 6.16. The van der Waals surface area contributed by atoms with E-state index in [4.69, 9.17) is 11.6 Å². The number of amides is 1. The van der Waals surface area contributed by atoms with Crippen LogP contribution in [-0.4, -0.2) is 26.0 Å². The summed E-state index contributed by atoms with van der Waals surface area (Å²) in [5, 5.41) is 13.7. The van der Waals surface area contributed by atoms with E-state index in [0.717, 1.165) is 33.1 Å². The summed E-state index contributed by atoms with van der Waals surface area (Å²) in [5.74, 6) is -0.316. The zero-order valence-electron chi connectivity index (χ0n) is 20.0. The Morgan fingerprint density at radius 2 is 1.74 bits per heavy atom. The first-order valence-electron chi connectivity index (χ1n) is 12.0. The summed E-state index contributed by atoms with van der Waals surface area (Å²) < 4.78 is 0. The lowest BCUT2D eigenvalue weighted by Gasteiger charge is -2.23. The van der Waals surface area contributed by atoms with Gasteiger partial charge in [0.15, 0.2) is 0 Å². The molecule has 38 heavy (non-hydrogen) atoms. The number of carbonyl (C=O) groups is 1. The number of hydrogen-bond acceptors (Lipinski definition) is 5. The van der Waals surface area contributed by atoms with Gasteiger partial charge in [-0.05, 0) is 42.0 Å². The lowest BCUT2D eigenvalue weighted by atomic mass is 9.92. The minimum absolute atomic E-state index is 0.0224. The highest BCUT2D eigenvalue weighted by Crippen LogP contribution is 2.42. The Hall–Kier alpha value is -4.72. The monoisotopic (exact) mass is 519 g/mol. The molecule has 3 heterocycles. The Balaban J connectivity index is 1.56. The van der Waals surface area contributed by atoms with Gasteiger partial charge in [0.05, 0.1) is 11.7 Å². The van der Waals surface area contributed by atoms with E-state index in [2.05, 4.69) is 25.8 Å². The van der Waals surface area contributed by atoms with Gasteiger partial charge in [-0.25, -0.2) is 5.43 Å². The minimum Gasteiger partial charge on any atom is -0.505 e. The molecule has 7 nitrogen and oxygen atoms in total. The molecule has 0 saturated carbocycles. The van der Waals surface area contributed by atoms with E-state index in [1.54, 1.807) is 30.7 Å². The Kier molecular flexibility index (Phi) is 6.21. The SMILES string of the molecule is O=C(NNC(c1ccc2cccnc2c1O)c1c(-c2ccccc2)[nH]c2ccc(Cl)cc12)c1ccncc1. The lowest BCUT2D eigenvalue weighted by Crippen LogP contribution is -2.40. The maximum atomic E-state index is 13.0. The molecule has 0 spiro atoms. The van der Waals surface area contributed by atoms with Crippen molar-refractivity contribution in [1.82, 2.24) is 25.8 Å². The number of carbonyl (C=O) groups excluding carboxylic acids is 1. The van der Waals surface area contributed by atoms with Crippen molar-refractivity contribution in [2.24, 2.45) is 0 Å². The average Bonchev–Trinajstić information content (AvgIpc) is 3.33. The first-order chi connectivity index (χ1) is 18.6. The molecule has 0 aliphatic heterocycles. The van der Waals surface area contributed by atoms with E-state index < -0.39 is 6.04 Å². The fraction of sp³-hybridized carbons (Fsp3) is 0.0333. The molecule has 0 bridgehead atoms. The molecule has 0 radical (unpaired) electrons. The summed E-state index contributed by atoms with van der Waals surface area (Å²) >= 11 is 6.44. The van der Waals surface area contributed by atoms with Gasteiger partial charge in [0, 0.05) is 56.6 Å². The fourth-order valence-electron chi connectivity index (χ4n) is 4.71. The molecule has 0 saturated heterocycles. The molecule has 6 aromatic rings. The van der Waals surface area contributed by atoms with Crippen LogP contribution in [0.4, 0.5) is 0 Å². The van der Waals surface area contributed by atoms with Crippen molar-refractivity contribution < 1.29 is 9.90 Å². The molecule has 8 heteroatoms. The molecule has 0 fully saturated rings. The highest BCUT2D eigenvalue weighted by atomic mass is 35.5. The zero-order valence-corrected chi connectivity index (χ0v) is 20.8. The number of hydrogen-bond donors (Lipinski definition) is 4. The number of hydrazine groups is 1. The van der Waals surface area contributed by atoms with Crippen LogP contribution >= 0.6 is 11.6 Å². The van der Waals surface area contributed by atoms with E-state index in [-0.39, 0.29) is 11.7 Å². The molecule has 3 aromatic carbocycles. The van der Waals surface area contributed by atoms with Gasteiger partial charge in [0.25, 0.3) is 5.91 Å². The number of rotatable bonds is 6. The molecular formula is C30H22ClN5O2. The van der Waals surface area contributed by atoms with E-state index in [9.17, 15) is 9.90 Å². The first-order valence-corrected chi connectivity index (χ1v) is 12.4. The van der Waals surface area contributed by atoms with Crippen molar-refractivity contribution in [2.75, 3.05) is 0 Å². The van der Waals surface area contributed by atoms with Gasteiger partial charge >= 0.3 is 0 Å². The van der Waals surface area contributed by atoms with Crippen molar-refractivity contribution in [2.45, 2.75) is 6.04 Å². The molecular weight excluding hydrogens is 498 g/mol. The second-order valence-corrected chi connectivity index (χ2v) is 9.25. The number of fused-ring (bicyclic) bond motifs is 2. The summed E-state index contributed by atoms with van der Waals surface area (Å²) in [6, 6.07) is 25.5. The number of nitrogens with one attached hydrogen (secondary N) is 3. The first kappa shape index (κ1) is 23.7. The normalized spacial score (nSPS) is 12.0. The van der Waals surface area contributed by atoms with Crippen molar-refractivity contribution in [3.63, 3.8) is 0 Å². The molecule has 1 unspecified atom stereocenters. The van der Waals surface area contributed by atoms with Crippen LogP contribution in [0.15, 0.2) is 104 Å². The summed E-state index contributed by atoms with van der Waals surface area (Å²) in [6.07, 6.45) is 4.76. The molecule has 0 aliphatic carbocycles. The highest BCUT2D eigenvalue weighted by Gasteiger charge is 2.27. The maximum absolute atomic E-state index is 13.0. The molecule has 1 amide bonds. The topological polar surface area (TPSA) is 103 Å². The number of phenols is 1. The third kappa shape index (κ3) is 4.34. The largest absolute Gasteiger partial charge is 0.505 e. The Morgan fingerprint density at radius 3 is 2.55 bits per heavy atom. The number of aromatic nitrogens is 3. The summed E-state index contributed by atoms with van der Waals surface area (Å²) in [5.41, 5.74) is 10.9. The number of phenolic OH excluding ortho intramolecular Hbond substituents is 1. The number of nitrogens with zero attached hydrogens (tertiary/aromatic N) is 2. The van der Waals surface area contributed by atoms with Crippen LogP contribution in [0.2, 0.25) is 5.02 Å². The van der Waals surface area contributed by atoms with Gasteiger partial charge in [0.2, 0.25) is 0 Å². The van der Waals surface area contributed by atoms with Crippen LogP contribution in [0.1, 0.15) is 27.5 Å². The second-order valence-electron chi connectivity index (χ2n) is 8.82. The van der Waals surface area contributed by atoms with Gasteiger partial charge in [-0.2, -0.15) is 0 Å². The fourth-order valence-corrected chi connectivity index (χ4v) is 4.89. The summed E-state index contributed by atoms with van der Waals surface area (Å²) in [4.78, 5) is 24.9. The second kappa shape index (κ2) is 9.97. The van der Waals surface area contributed by atoms with Gasteiger partial charge < -0.3 is 10.1 Å². The van der Waals surface area contributed by atoms with Gasteiger partial charge in [0.1, 0.15) is 11.3 Å². The van der Waals surface area contributed by atoms with Crippen molar-refractivity contribution >= 4 is 39.3 Å². The summed E-state index contributed by atoms with van der Waals surface area (Å²) in [6.45, 7) is 0. The van der Waals surface area contributed by atoms with Crippen LogP contribution in [0.25, 0.3) is 33.1 Å². The van der Waals surface area contributed by atoms with E-state index >= 15 is 0 Å². The van der Waals surface area contributed by atoms with Crippen LogP contribution in [-0.2, 0) is 0 Å². The number of halogens is 1. The molecule has 4 N–H and O–H groups in total. The third-order valence-corrected chi connectivity index (χ3v) is 6.75. The van der Waals surface area contributed by atoms with Crippen molar-refractivity contribution in [1.29, 1.82) is 0 Å². The maximum Gasteiger partial charge on any atom is 0.265 e. The highest BCUT2D eigenvalue weighted by molar-refractivity contribution is 6.31. The molecule has 3 aromatic heterocycles. The number of aromatic amines is 1. The van der Waals surface area contributed by atoms with E-state index in [1.807, 2.05) is 72.8 Å². The standard InChI is InChI=1S/C30H22ClN5O2/c31-21-9-11-24-23(17-21)25(26(34-24)18-5-2-1-3-6-18)28(35-36-30(38)20-12-15-32-16-13-20)22-10-8-19-7-4-14-33-27(19)29(22)37/h1-17,28,34-35,37H,(H,36,38).